The number of aromatic nitrogens is 1. The van der Waals surface area contributed by atoms with Gasteiger partial charge in [0.1, 0.15) is 5.15 Å². The Labute approximate surface area is 102 Å². The van der Waals surface area contributed by atoms with Crippen LogP contribution in [0, 0.1) is 0 Å². The first-order valence-electron chi connectivity index (χ1n) is 5.50. The molecule has 0 saturated heterocycles. The van der Waals surface area contributed by atoms with Crippen LogP contribution in [0.1, 0.15) is 51.0 Å². The van der Waals surface area contributed by atoms with Crippen LogP contribution >= 0.6 is 23.2 Å². The maximum atomic E-state index is 6.15. The maximum absolute atomic E-state index is 6.15. The Morgan fingerprint density at radius 3 is 2.67 bits per heavy atom. The van der Waals surface area contributed by atoms with Crippen LogP contribution in [0.15, 0.2) is 12.3 Å². The van der Waals surface area contributed by atoms with E-state index in [0.29, 0.717) is 16.1 Å². The third-order valence-corrected chi connectivity index (χ3v) is 3.50. The van der Waals surface area contributed by atoms with Crippen LogP contribution in [-0.4, -0.2) is 4.98 Å². The number of pyridine rings is 1. The molecule has 0 bridgehead atoms. The first-order chi connectivity index (χ1) is 7.20. The predicted octanol–water partition coefficient (Wildman–Crippen LogP) is 5.07. The standard InChI is InChI=1S/C12H17Cl2N/c1-3-5-6-9(4-2)10-7-8-15-12(14)11(10)13/h7-9H,3-6H2,1-2H3. The Hall–Kier alpha value is -0.270. The summed E-state index contributed by atoms with van der Waals surface area (Å²) >= 11 is 12.1. The lowest BCUT2D eigenvalue weighted by molar-refractivity contribution is 0.569. The van der Waals surface area contributed by atoms with Crippen molar-refractivity contribution in [1.29, 1.82) is 0 Å². The highest BCUT2D eigenvalue weighted by Gasteiger charge is 2.14. The fourth-order valence-corrected chi connectivity index (χ4v) is 2.21. The molecule has 1 aromatic heterocycles. The summed E-state index contributed by atoms with van der Waals surface area (Å²) < 4.78 is 0. The van der Waals surface area contributed by atoms with Gasteiger partial charge in [0.15, 0.2) is 0 Å². The van der Waals surface area contributed by atoms with Gasteiger partial charge in [-0.1, -0.05) is 49.9 Å². The second-order valence-corrected chi connectivity index (χ2v) is 4.49. The lowest BCUT2D eigenvalue weighted by atomic mass is 9.92. The van der Waals surface area contributed by atoms with Gasteiger partial charge in [0.05, 0.1) is 5.02 Å². The van der Waals surface area contributed by atoms with E-state index in [1.165, 1.54) is 19.3 Å². The highest BCUT2D eigenvalue weighted by atomic mass is 35.5. The molecule has 0 aromatic carbocycles. The molecule has 1 rings (SSSR count). The minimum Gasteiger partial charge on any atom is -0.243 e. The Bertz CT molecular complexity index is 312. The van der Waals surface area contributed by atoms with Crippen molar-refractivity contribution in [3.63, 3.8) is 0 Å². The van der Waals surface area contributed by atoms with Crippen molar-refractivity contribution < 1.29 is 0 Å². The van der Waals surface area contributed by atoms with Gasteiger partial charge in [0.25, 0.3) is 0 Å². The fourth-order valence-electron chi connectivity index (χ4n) is 1.78. The molecular formula is C12H17Cl2N. The van der Waals surface area contributed by atoms with Crippen molar-refractivity contribution >= 4 is 23.2 Å². The molecule has 0 fully saturated rings. The zero-order valence-corrected chi connectivity index (χ0v) is 10.8. The third-order valence-electron chi connectivity index (χ3n) is 2.72. The van der Waals surface area contributed by atoms with Gasteiger partial charge in [-0.2, -0.15) is 0 Å². The van der Waals surface area contributed by atoms with Crippen LogP contribution in [0.3, 0.4) is 0 Å². The summed E-state index contributed by atoms with van der Waals surface area (Å²) in [6.07, 6.45) is 6.45. The number of halogens is 2. The quantitative estimate of drug-likeness (QED) is 0.661. The lowest BCUT2D eigenvalue weighted by Crippen LogP contribution is -1.99. The average molecular weight is 246 g/mol. The zero-order valence-electron chi connectivity index (χ0n) is 9.26. The second kappa shape index (κ2) is 6.34. The molecule has 0 radical (unpaired) electrons. The van der Waals surface area contributed by atoms with Crippen LogP contribution in [0.4, 0.5) is 0 Å². The molecule has 15 heavy (non-hydrogen) atoms. The largest absolute Gasteiger partial charge is 0.243 e. The smallest absolute Gasteiger partial charge is 0.147 e. The van der Waals surface area contributed by atoms with Gasteiger partial charge < -0.3 is 0 Å². The predicted molar refractivity (Wildman–Crippen MR) is 66.8 cm³/mol. The molecule has 0 N–H and O–H groups in total. The van der Waals surface area contributed by atoms with Gasteiger partial charge in [0.2, 0.25) is 0 Å². The molecule has 1 atom stereocenters. The highest BCUT2D eigenvalue weighted by molar-refractivity contribution is 6.41. The Morgan fingerprint density at radius 1 is 1.33 bits per heavy atom. The van der Waals surface area contributed by atoms with E-state index >= 15 is 0 Å². The first kappa shape index (κ1) is 12.8. The van der Waals surface area contributed by atoms with E-state index in [4.69, 9.17) is 23.2 Å². The van der Waals surface area contributed by atoms with Crippen molar-refractivity contribution in [3.8, 4) is 0 Å². The van der Waals surface area contributed by atoms with Crippen molar-refractivity contribution in [3.05, 3.63) is 28.0 Å². The van der Waals surface area contributed by atoms with E-state index in [1.807, 2.05) is 6.07 Å². The molecule has 1 aromatic rings. The fraction of sp³-hybridized carbons (Fsp3) is 0.583. The third kappa shape index (κ3) is 3.35. The monoisotopic (exact) mass is 245 g/mol. The Morgan fingerprint density at radius 2 is 2.07 bits per heavy atom. The Kier molecular flexibility index (Phi) is 5.41. The van der Waals surface area contributed by atoms with E-state index in [1.54, 1.807) is 6.20 Å². The van der Waals surface area contributed by atoms with E-state index in [-0.39, 0.29) is 0 Å². The normalized spacial score (nSPS) is 12.8. The average Bonchev–Trinajstić information content (AvgIpc) is 2.25. The van der Waals surface area contributed by atoms with Gasteiger partial charge in [-0.05, 0) is 30.4 Å². The SMILES string of the molecule is CCCCC(CC)c1ccnc(Cl)c1Cl. The minimum atomic E-state index is 0.420. The van der Waals surface area contributed by atoms with Gasteiger partial charge in [0, 0.05) is 6.20 Å². The van der Waals surface area contributed by atoms with E-state index in [2.05, 4.69) is 18.8 Å². The van der Waals surface area contributed by atoms with Crippen molar-refractivity contribution in [2.75, 3.05) is 0 Å². The van der Waals surface area contributed by atoms with Gasteiger partial charge in [-0.3, -0.25) is 0 Å². The molecule has 0 saturated carbocycles. The minimum absolute atomic E-state index is 0.420. The van der Waals surface area contributed by atoms with Gasteiger partial charge in [-0.15, -0.1) is 0 Å². The molecule has 0 aliphatic rings. The van der Waals surface area contributed by atoms with Crippen LogP contribution in [0.5, 0.6) is 0 Å². The van der Waals surface area contributed by atoms with Crippen LogP contribution in [0.25, 0.3) is 0 Å². The van der Waals surface area contributed by atoms with Crippen molar-refractivity contribution in [1.82, 2.24) is 4.98 Å². The van der Waals surface area contributed by atoms with Gasteiger partial charge in [-0.25, -0.2) is 4.98 Å². The number of rotatable bonds is 5. The summed E-state index contributed by atoms with van der Waals surface area (Å²) in [4.78, 5) is 3.97. The van der Waals surface area contributed by atoms with E-state index in [9.17, 15) is 0 Å². The molecule has 1 nitrogen and oxygen atoms in total. The summed E-state index contributed by atoms with van der Waals surface area (Å²) in [5.74, 6) is 0.512. The zero-order chi connectivity index (χ0) is 11.3. The molecule has 1 heterocycles. The lowest BCUT2D eigenvalue weighted by Gasteiger charge is -2.16. The number of hydrogen-bond donors (Lipinski definition) is 0. The molecular weight excluding hydrogens is 229 g/mol. The number of nitrogens with zero attached hydrogens (tertiary/aromatic N) is 1. The van der Waals surface area contributed by atoms with Crippen molar-refractivity contribution in [2.24, 2.45) is 0 Å². The highest BCUT2D eigenvalue weighted by Crippen LogP contribution is 2.33. The van der Waals surface area contributed by atoms with E-state index in [0.717, 1.165) is 12.0 Å². The van der Waals surface area contributed by atoms with Crippen molar-refractivity contribution in [2.45, 2.75) is 45.4 Å². The molecule has 0 aliphatic heterocycles. The molecule has 0 aliphatic carbocycles. The van der Waals surface area contributed by atoms with E-state index < -0.39 is 0 Å². The maximum Gasteiger partial charge on any atom is 0.147 e. The molecule has 3 heteroatoms. The Balaban J connectivity index is 2.86. The summed E-state index contributed by atoms with van der Waals surface area (Å²) in [6.45, 7) is 4.39. The summed E-state index contributed by atoms with van der Waals surface area (Å²) in [5.41, 5.74) is 1.15. The topological polar surface area (TPSA) is 12.9 Å². The molecule has 1 unspecified atom stereocenters. The van der Waals surface area contributed by atoms with Crippen LogP contribution < -0.4 is 0 Å². The summed E-state index contributed by atoms with van der Waals surface area (Å²) in [6, 6.07) is 1.98. The number of hydrogen-bond acceptors (Lipinski definition) is 1. The molecule has 0 amide bonds. The molecule has 84 valence electrons. The second-order valence-electron chi connectivity index (χ2n) is 3.75. The van der Waals surface area contributed by atoms with Crippen LogP contribution in [-0.2, 0) is 0 Å². The van der Waals surface area contributed by atoms with Gasteiger partial charge >= 0.3 is 0 Å². The number of unbranched alkanes of at least 4 members (excludes halogenated alkanes) is 1. The molecule has 0 spiro atoms. The summed E-state index contributed by atoms with van der Waals surface area (Å²) in [5, 5.41) is 1.05. The summed E-state index contributed by atoms with van der Waals surface area (Å²) in [7, 11) is 0. The van der Waals surface area contributed by atoms with Crippen LogP contribution in [0.2, 0.25) is 10.2 Å². The first-order valence-corrected chi connectivity index (χ1v) is 6.26.